The maximum absolute atomic E-state index is 12.5. The van der Waals surface area contributed by atoms with E-state index in [-0.39, 0.29) is 24.2 Å². The summed E-state index contributed by atoms with van der Waals surface area (Å²) in [6, 6.07) is 17.2. The molecule has 0 fully saturated rings. The predicted octanol–water partition coefficient (Wildman–Crippen LogP) is 4.19. The van der Waals surface area contributed by atoms with E-state index in [1.54, 1.807) is 0 Å². The molecule has 0 aliphatic heterocycles. The summed E-state index contributed by atoms with van der Waals surface area (Å²) in [6.07, 6.45) is 0.201. The zero-order valence-corrected chi connectivity index (χ0v) is 17.8. The molecule has 1 heterocycles. The second kappa shape index (κ2) is 9.58. The second-order valence-corrected chi connectivity index (χ2v) is 8.60. The normalized spacial score (nSPS) is 11.8. The van der Waals surface area contributed by atoms with Crippen molar-refractivity contribution in [2.24, 2.45) is 5.92 Å². The number of rotatable bonds is 7. The molecule has 0 saturated heterocycles. The Labute approximate surface area is 178 Å². The fourth-order valence-electron chi connectivity index (χ4n) is 2.86. The Balaban J connectivity index is 1.61. The average Bonchev–Trinajstić information content (AvgIpc) is 3.11. The summed E-state index contributed by atoms with van der Waals surface area (Å²) in [5.41, 5.74) is 3.10. The highest BCUT2D eigenvalue weighted by Crippen LogP contribution is 2.19. The number of hydrogen-bond acceptors (Lipinski definition) is 5. The standard InChI is InChI=1S/C21H22N4O2S2/c1-13(2)18(19(27)23-20-24-25-21(28)29-20)22-17(26)12-14-8-10-16(11-9-14)15-6-4-3-5-7-15/h3-11,13,18H,12H2,1-2H3,(H,22,26)(H,25,28)(H,23,24,27)/t18-/m0/s1. The lowest BCUT2D eigenvalue weighted by Gasteiger charge is -2.21. The Morgan fingerprint density at radius 2 is 1.72 bits per heavy atom. The van der Waals surface area contributed by atoms with Crippen molar-refractivity contribution >= 4 is 40.5 Å². The maximum Gasteiger partial charge on any atom is 0.249 e. The van der Waals surface area contributed by atoms with Gasteiger partial charge >= 0.3 is 0 Å². The van der Waals surface area contributed by atoms with Crippen LogP contribution in [0.25, 0.3) is 11.1 Å². The number of hydrogen-bond donors (Lipinski definition) is 3. The maximum atomic E-state index is 12.5. The Hall–Kier alpha value is -2.84. The number of nitrogens with zero attached hydrogens (tertiary/aromatic N) is 1. The number of aromatic amines is 1. The summed E-state index contributed by atoms with van der Waals surface area (Å²) in [4.78, 5) is 25.1. The first-order chi connectivity index (χ1) is 13.9. The molecule has 2 aromatic carbocycles. The lowest BCUT2D eigenvalue weighted by atomic mass is 10.0. The number of amides is 2. The molecule has 0 unspecified atom stereocenters. The van der Waals surface area contributed by atoms with Crippen LogP contribution in [0.5, 0.6) is 0 Å². The van der Waals surface area contributed by atoms with Gasteiger partial charge < -0.3 is 5.32 Å². The van der Waals surface area contributed by atoms with Crippen LogP contribution in [0.15, 0.2) is 54.6 Å². The molecule has 0 radical (unpaired) electrons. The third kappa shape index (κ3) is 5.82. The van der Waals surface area contributed by atoms with Crippen LogP contribution in [-0.2, 0) is 16.0 Å². The highest BCUT2D eigenvalue weighted by Gasteiger charge is 2.25. The van der Waals surface area contributed by atoms with Gasteiger partial charge in [0.2, 0.25) is 16.9 Å². The quantitative estimate of drug-likeness (QED) is 0.495. The lowest BCUT2D eigenvalue weighted by Crippen LogP contribution is -2.47. The highest BCUT2D eigenvalue weighted by atomic mass is 32.1. The first-order valence-electron chi connectivity index (χ1n) is 9.22. The van der Waals surface area contributed by atoms with E-state index in [2.05, 4.69) is 20.8 Å². The van der Waals surface area contributed by atoms with Crippen molar-refractivity contribution in [1.82, 2.24) is 15.5 Å². The van der Waals surface area contributed by atoms with Crippen LogP contribution >= 0.6 is 23.6 Å². The molecule has 3 rings (SSSR count). The summed E-state index contributed by atoms with van der Waals surface area (Å²) in [6.45, 7) is 3.76. The van der Waals surface area contributed by atoms with Crippen LogP contribution in [0.2, 0.25) is 0 Å². The number of carbonyl (C=O) groups is 2. The van der Waals surface area contributed by atoms with E-state index in [0.29, 0.717) is 9.09 Å². The minimum Gasteiger partial charge on any atom is -0.344 e. The van der Waals surface area contributed by atoms with Crippen molar-refractivity contribution in [3.05, 3.63) is 64.1 Å². The number of nitrogens with one attached hydrogen (secondary N) is 3. The monoisotopic (exact) mass is 426 g/mol. The second-order valence-electron chi connectivity index (χ2n) is 6.94. The summed E-state index contributed by atoms with van der Waals surface area (Å²) in [5.74, 6) is -0.599. The van der Waals surface area contributed by atoms with Crippen molar-refractivity contribution < 1.29 is 9.59 Å². The van der Waals surface area contributed by atoms with Gasteiger partial charge in [-0.05, 0) is 34.8 Å². The predicted molar refractivity (Wildman–Crippen MR) is 118 cm³/mol. The molecule has 2 amide bonds. The van der Waals surface area contributed by atoms with Gasteiger partial charge in [0.15, 0.2) is 3.95 Å². The molecule has 29 heavy (non-hydrogen) atoms. The van der Waals surface area contributed by atoms with Gasteiger partial charge in [-0.3, -0.25) is 20.0 Å². The number of H-pyrrole nitrogens is 1. The van der Waals surface area contributed by atoms with Crippen LogP contribution in [-0.4, -0.2) is 28.1 Å². The van der Waals surface area contributed by atoms with E-state index in [0.717, 1.165) is 16.7 Å². The van der Waals surface area contributed by atoms with Gasteiger partial charge in [-0.1, -0.05) is 79.8 Å². The Morgan fingerprint density at radius 1 is 1.07 bits per heavy atom. The minimum absolute atomic E-state index is 0.0775. The van der Waals surface area contributed by atoms with Crippen molar-refractivity contribution in [3.8, 4) is 11.1 Å². The molecule has 3 N–H and O–H groups in total. The van der Waals surface area contributed by atoms with Crippen LogP contribution < -0.4 is 10.6 Å². The fraction of sp³-hybridized carbons (Fsp3) is 0.238. The number of carbonyl (C=O) groups excluding carboxylic acids is 2. The first kappa shape index (κ1) is 20.9. The number of benzene rings is 2. The fourth-order valence-corrected chi connectivity index (χ4v) is 3.65. The van der Waals surface area contributed by atoms with E-state index >= 15 is 0 Å². The molecule has 0 aliphatic rings. The third-order valence-corrected chi connectivity index (χ3v) is 5.36. The van der Waals surface area contributed by atoms with Gasteiger partial charge in [0.05, 0.1) is 6.42 Å². The Bertz CT molecular complexity index is 1030. The zero-order valence-electron chi connectivity index (χ0n) is 16.1. The molecule has 0 spiro atoms. The summed E-state index contributed by atoms with van der Waals surface area (Å²) in [7, 11) is 0. The molecule has 0 aliphatic carbocycles. The molecular formula is C21H22N4O2S2. The van der Waals surface area contributed by atoms with Crippen molar-refractivity contribution in [3.63, 3.8) is 0 Å². The first-order valence-corrected chi connectivity index (χ1v) is 10.4. The molecule has 3 aromatic rings. The van der Waals surface area contributed by atoms with E-state index < -0.39 is 6.04 Å². The van der Waals surface area contributed by atoms with Crippen LogP contribution in [0, 0.1) is 9.87 Å². The molecule has 1 atom stereocenters. The van der Waals surface area contributed by atoms with Crippen LogP contribution in [0.1, 0.15) is 19.4 Å². The van der Waals surface area contributed by atoms with Gasteiger partial charge in [0.25, 0.3) is 0 Å². The molecule has 150 valence electrons. The molecule has 0 bridgehead atoms. The summed E-state index contributed by atoms with van der Waals surface area (Å²) < 4.78 is 0.476. The van der Waals surface area contributed by atoms with Crippen LogP contribution in [0.4, 0.5) is 5.13 Å². The summed E-state index contributed by atoms with van der Waals surface area (Å²) in [5, 5.41) is 12.4. The van der Waals surface area contributed by atoms with Crippen molar-refractivity contribution in [1.29, 1.82) is 0 Å². The molecule has 6 nitrogen and oxygen atoms in total. The summed E-state index contributed by atoms with van der Waals surface area (Å²) >= 11 is 6.14. The molecule has 8 heteroatoms. The Kier molecular flexibility index (Phi) is 6.90. The largest absolute Gasteiger partial charge is 0.344 e. The molecule has 0 saturated carbocycles. The average molecular weight is 427 g/mol. The smallest absolute Gasteiger partial charge is 0.249 e. The van der Waals surface area contributed by atoms with Crippen LogP contribution in [0.3, 0.4) is 0 Å². The van der Waals surface area contributed by atoms with Gasteiger partial charge in [0, 0.05) is 0 Å². The Morgan fingerprint density at radius 3 is 2.31 bits per heavy atom. The van der Waals surface area contributed by atoms with E-state index in [1.165, 1.54) is 11.3 Å². The van der Waals surface area contributed by atoms with Crippen molar-refractivity contribution in [2.45, 2.75) is 26.3 Å². The lowest BCUT2D eigenvalue weighted by molar-refractivity contribution is -0.127. The highest BCUT2D eigenvalue weighted by molar-refractivity contribution is 7.73. The van der Waals surface area contributed by atoms with Gasteiger partial charge in [-0.2, -0.15) is 0 Å². The van der Waals surface area contributed by atoms with Gasteiger partial charge in [-0.25, -0.2) is 0 Å². The molecular weight excluding hydrogens is 404 g/mol. The van der Waals surface area contributed by atoms with Crippen molar-refractivity contribution in [2.75, 3.05) is 5.32 Å². The number of anilines is 1. The van der Waals surface area contributed by atoms with E-state index in [1.807, 2.05) is 68.4 Å². The third-order valence-electron chi connectivity index (χ3n) is 4.36. The minimum atomic E-state index is -0.663. The van der Waals surface area contributed by atoms with E-state index in [4.69, 9.17) is 12.2 Å². The van der Waals surface area contributed by atoms with E-state index in [9.17, 15) is 9.59 Å². The molecule has 1 aromatic heterocycles. The number of aromatic nitrogens is 2. The SMILES string of the molecule is CC(C)[C@H](NC(=O)Cc1ccc(-c2ccccc2)cc1)C(=O)Nc1n[nH]c(=S)s1. The topological polar surface area (TPSA) is 86.9 Å². The van der Waals surface area contributed by atoms with Gasteiger partial charge in [0.1, 0.15) is 6.04 Å². The van der Waals surface area contributed by atoms with Gasteiger partial charge in [-0.15, -0.1) is 5.10 Å². The zero-order chi connectivity index (χ0) is 20.8.